The summed E-state index contributed by atoms with van der Waals surface area (Å²) in [5, 5.41) is 14.8. The van der Waals surface area contributed by atoms with Gasteiger partial charge in [0.1, 0.15) is 18.6 Å². The van der Waals surface area contributed by atoms with E-state index < -0.39 is 4.92 Å². The quantitative estimate of drug-likeness (QED) is 0.173. The molecule has 1 N–H and O–H groups in total. The van der Waals surface area contributed by atoms with Crippen LogP contribution in [-0.2, 0) is 6.61 Å². The highest BCUT2D eigenvalue weighted by Crippen LogP contribution is 2.34. The van der Waals surface area contributed by atoms with Gasteiger partial charge in [0.2, 0.25) is 0 Å². The van der Waals surface area contributed by atoms with Crippen LogP contribution in [0.2, 0.25) is 0 Å². The molecule has 31 heavy (non-hydrogen) atoms. The Balaban J connectivity index is 1.71. The van der Waals surface area contributed by atoms with Crippen molar-refractivity contribution in [3.63, 3.8) is 0 Å². The summed E-state index contributed by atoms with van der Waals surface area (Å²) in [6, 6.07) is 14.8. The smallest absolute Gasteiger partial charge is 0.287 e. The lowest BCUT2D eigenvalue weighted by molar-refractivity contribution is -0.385. The Bertz CT molecular complexity index is 1070. The zero-order valence-electron chi connectivity index (χ0n) is 17.0. The van der Waals surface area contributed by atoms with E-state index in [-0.39, 0.29) is 5.69 Å². The second-order valence-electron chi connectivity index (χ2n) is 6.57. The number of nitro groups is 1. The van der Waals surface area contributed by atoms with Gasteiger partial charge in [0.15, 0.2) is 11.5 Å². The first-order chi connectivity index (χ1) is 15.0. The Morgan fingerprint density at radius 3 is 2.61 bits per heavy atom. The van der Waals surface area contributed by atoms with Crippen molar-refractivity contribution in [3.8, 4) is 11.5 Å². The molecule has 0 aliphatic rings. The minimum Gasteiger partial charge on any atom is -0.490 e. The number of hydrazone groups is 1. The molecule has 3 aromatic rings. The van der Waals surface area contributed by atoms with Crippen molar-refractivity contribution in [3.05, 3.63) is 85.1 Å². The lowest BCUT2D eigenvalue weighted by Gasteiger charge is -2.15. The van der Waals surface area contributed by atoms with Crippen LogP contribution < -0.4 is 14.9 Å². The lowest BCUT2D eigenvalue weighted by atomic mass is 10.2. The van der Waals surface area contributed by atoms with Crippen LogP contribution in [0.3, 0.4) is 0 Å². The minimum atomic E-state index is -0.500. The van der Waals surface area contributed by atoms with Crippen molar-refractivity contribution in [1.29, 1.82) is 0 Å². The number of nitrogens with zero attached hydrogens (tertiary/aromatic N) is 3. The summed E-state index contributed by atoms with van der Waals surface area (Å²) >= 11 is 2.21. The lowest BCUT2D eigenvalue weighted by Crippen LogP contribution is -2.03. The number of hydrogen-bond acceptors (Lipinski definition) is 7. The normalized spacial score (nSPS) is 10.8. The summed E-state index contributed by atoms with van der Waals surface area (Å²) in [5.74, 6) is 1.72. The molecule has 8 nitrogen and oxygen atoms in total. The standard InChI is InChI=1S/C22H21IN4O4/c1-3-30-20-11-17(12-25-26-21-9-8-18(13-24-21)27(28)29)10-19(23)22(20)31-14-16-6-4-15(2)5-7-16/h4-13H,3,14H2,1-2H3,(H,24,26)/b25-12+. The first kappa shape index (κ1) is 22.5. The van der Waals surface area contributed by atoms with E-state index in [0.29, 0.717) is 30.5 Å². The summed E-state index contributed by atoms with van der Waals surface area (Å²) in [6.45, 7) is 4.91. The zero-order valence-corrected chi connectivity index (χ0v) is 19.2. The maximum Gasteiger partial charge on any atom is 0.287 e. The largest absolute Gasteiger partial charge is 0.490 e. The van der Waals surface area contributed by atoms with Crippen LogP contribution in [0.5, 0.6) is 11.5 Å². The van der Waals surface area contributed by atoms with Crippen molar-refractivity contribution in [2.45, 2.75) is 20.5 Å². The van der Waals surface area contributed by atoms with Crippen LogP contribution in [0, 0.1) is 20.6 Å². The summed E-state index contributed by atoms with van der Waals surface area (Å²) in [6.07, 6.45) is 2.80. The molecule has 160 valence electrons. The zero-order chi connectivity index (χ0) is 22.2. The van der Waals surface area contributed by atoms with E-state index in [9.17, 15) is 10.1 Å². The van der Waals surface area contributed by atoms with Crippen LogP contribution in [-0.4, -0.2) is 22.7 Å². The predicted octanol–water partition coefficient (Wildman–Crippen LogP) is 5.33. The molecule has 0 amide bonds. The summed E-state index contributed by atoms with van der Waals surface area (Å²) < 4.78 is 12.7. The first-order valence-electron chi connectivity index (χ1n) is 9.50. The van der Waals surface area contributed by atoms with Crippen LogP contribution >= 0.6 is 22.6 Å². The molecule has 1 aromatic heterocycles. The number of benzene rings is 2. The Labute approximate surface area is 193 Å². The highest BCUT2D eigenvalue weighted by atomic mass is 127. The Morgan fingerprint density at radius 2 is 1.97 bits per heavy atom. The summed E-state index contributed by atoms with van der Waals surface area (Å²) in [5.41, 5.74) is 5.77. The monoisotopic (exact) mass is 532 g/mol. The van der Waals surface area contributed by atoms with Gasteiger partial charge in [0.05, 0.1) is 21.3 Å². The molecule has 3 rings (SSSR count). The highest BCUT2D eigenvalue weighted by Gasteiger charge is 2.12. The van der Waals surface area contributed by atoms with Gasteiger partial charge in [0, 0.05) is 6.07 Å². The number of halogens is 1. The molecule has 0 spiro atoms. The van der Waals surface area contributed by atoms with Gasteiger partial charge in [0.25, 0.3) is 5.69 Å². The van der Waals surface area contributed by atoms with Crippen molar-refractivity contribution in [2.75, 3.05) is 12.0 Å². The van der Waals surface area contributed by atoms with E-state index in [1.54, 1.807) is 6.21 Å². The highest BCUT2D eigenvalue weighted by molar-refractivity contribution is 14.1. The molecule has 0 aliphatic heterocycles. The number of aryl methyl sites for hydroxylation is 1. The molecule has 0 saturated carbocycles. The van der Waals surface area contributed by atoms with Gasteiger partial charge in [-0.3, -0.25) is 15.5 Å². The maximum atomic E-state index is 10.7. The van der Waals surface area contributed by atoms with Crippen molar-refractivity contribution >= 4 is 40.3 Å². The molecule has 1 heterocycles. The van der Waals surface area contributed by atoms with Gasteiger partial charge < -0.3 is 9.47 Å². The van der Waals surface area contributed by atoms with Gasteiger partial charge in [-0.05, 0) is 65.8 Å². The number of anilines is 1. The van der Waals surface area contributed by atoms with Gasteiger partial charge in [-0.25, -0.2) is 4.98 Å². The second-order valence-corrected chi connectivity index (χ2v) is 7.73. The third kappa shape index (κ3) is 6.38. The fourth-order valence-corrected chi connectivity index (χ4v) is 3.42. The van der Waals surface area contributed by atoms with E-state index in [1.807, 2.05) is 38.1 Å². The fraction of sp³-hybridized carbons (Fsp3) is 0.182. The molecular formula is C22H21IN4O4. The number of aromatic nitrogens is 1. The number of hydrogen-bond donors (Lipinski definition) is 1. The minimum absolute atomic E-state index is 0.0772. The molecule has 0 aliphatic carbocycles. The molecule has 0 bridgehead atoms. The average Bonchev–Trinajstić information content (AvgIpc) is 2.75. The number of pyridine rings is 1. The van der Waals surface area contributed by atoms with Crippen LogP contribution in [0.25, 0.3) is 0 Å². The van der Waals surface area contributed by atoms with Gasteiger partial charge in [-0.1, -0.05) is 29.8 Å². The van der Waals surface area contributed by atoms with E-state index >= 15 is 0 Å². The molecular weight excluding hydrogens is 511 g/mol. The predicted molar refractivity (Wildman–Crippen MR) is 128 cm³/mol. The van der Waals surface area contributed by atoms with E-state index in [1.165, 1.54) is 23.9 Å². The van der Waals surface area contributed by atoms with Crippen molar-refractivity contribution in [1.82, 2.24) is 4.98 Å². The maximum absolute atomic E-state index is 10.7. The van der Waals surface area contributed by atoms with Gasteiger partial charge >= 0.3 is 0 Å². The Kier molecular flexibility index (Phi) is 7.76. The average molecular weight is 532 g/mol. The second kappa shape index (κ2) is 10.7. The molecule has 0 atom stereocenters. The molecule has 0 radical (unpaired) electrons. The number of nitrogens with one attached hydrogen (secondary N) is 1. The fourth-order valence-electron chi connectivity index (χ4n) is 2.64. The molecule has 0 fully saturated rings. The Morgan fingerprint density at radius 1 is 1.19 bits per heavy atom. The summed E-state index contributed by atoms with van der Waals surface area (Å²) in [7, 11) is 0. The van der Waals surface area contributed by atoms with Crippen molar-refractivity contribution < 1.29 is 14.4 Å². The number of ether oxygens (including phenoxy) is 2. The Hall–Kier alpha value is -3.21. The third-order valence-corrected chi connectivity index (χ3v) is 4.99. The molecule has 2 aromatic carbocycles. The van der Waals surface area contributed by atoms with Crippen LogP contribution in [0.15, 0.2) is 59.8 Å². The third-order valence-electron chi connectivity index (χ3n) is 4.19. The van der Waals surface area contributed by atoms with E-state index in [4.69, 9.17) is 9.47 Å². The number of rotatable bonds is 9. The van der Waals surface area contributed by atoms with Gasteiger partial charge in [-0.2, -0.15) is 5.10 Å². The van der Waals surface area contributed by atoms with E-state index in [0.717, 1.165) is 14.7 Å². The first-order valence-corrected chi connectivity index (χ1v) is 10.6. The molecule has 0 unspecified atom stereocenters. The molecule has 9 heteroatoms. The van der Waals surface area contributed by atoms with Gasteiger partial charge in [-0.15, -0.1) is 0 Å². The molecule has 0 saturated heterocycles. The van der Waals surface area contributed by atoms with E-state index in [2.05, 4.69) is 50.2 Å². The van der Waals surface area contributed by atoms with Crippen LogP contribution in [0.4, 0.5) is 11.5 Å². The summed E-state index contributed by atoms with van der Waals surface area (Å²) in [4.78, 5) is 14.1. The van der Waals surface area contributed by atoms with Crippen LogP contribution in [0.1, 0.15) is 23.6 Å². The van der Waals surface area contributed by atoms with Crippen molar-refractivity contribution in [2.24, 2.45) is 5.10 Å². The topological polar surface area (TPSA) is 98.9 Å². The SMILES string of the molecule is CCOc1cc(/C=N/Nc2ccc([N+](=O)[O-])cn2)cc(I)c1OCc1ccc(C)cc1.